The Hall–Kier alpha value is -2.18. The number of halogens is 2. The van der Waals surface area contributed by atoms with Crippen LogP contribution in [-0.4, -0.2) is 17.3 Å². The molecule has 0 atom stereocenters. The van der Waals surface area contributed by atoms with Crippen molar-refractivity contribution in [2.45, 2.75) is 33.2 Å². The maximum absolute atomic E-state index is 13.9. The Labute approximate surface area is 115 Å². The summed E-state index contributed by atoms with van der Waals surface area (Å²) in [5.41, 5.74) is 5.17. The molecule has 0 aromatic heterocycles. The molecule has 5 nitrogen and oxygen atoms in total. The number of anilines is 1. The Morgan fingerprint density at radius 2 is 2.05 bits per heavy atom. The Kier molecular flexibility index (Phi) is 3.37. The van der Waals surface area contributed by atoms with Crippen molar-refractivity contribution in [2.24, 2.45) is 4.99 Å². The van der Waals surface area contributed by atoms with Gasteiger partial charge in [0.15, 0.2) is 11.6 Å². The van der Waals surface area contributed by atoms with Gasteiger partial charge in [0.1, 0.15) is 11.5 Å². The number of nitrogens with zero attached hydrogens (tertiary/aromatic N) is 1. The van der Waals surface area contributed by atoms with Gasteiger partial charge in [0.2, 0.25) is 5.91 Å². The first kappa shape index (κ1) is 14.2. The van der Waals surface area contributed by atoms with Gasteiger partial charge < -0.3 is 5.32 Å². The first-order valence-electron chi connectivity index (χ1n) is 6.11. The molecule has 2 rings (SSSR count). The molecule has 1 aromatic carbocycles. The van der Waals surface area contributed by atoms with Gasteiger partial charge in [0, 0.05) is 6.92 Å². The zero-order valence-corrected chi connectivity index (χ0v) is 11.7. The highest BCUT2D eigenvalue weighted by Crippen LogP contribution is 2.38. The lowest BCUT2D eigenvalue weighted by Gasteiger charge is -2.34. The van der Waals surface area contributed by atoms with E-state index >= 15 is 0 Å². The van der Waals surface area contributed by atoms with E-state index in [0.717, 1.165) is 6.07 Å². The lowest BCUT2D eigenvalue weighted by molar-refractivity contribution is -0.119. The van der Waals surface area contributed by atoms with E-state index in [4.69, 9.17) is 0 Å². The minimum Gasteiger partial charge on any atom is -0.369 e. The highest BCUT2D eigenvalue weighted by molar-refractivity contribution is 6.00. The van der Waals surface area contributed by atoms with Crippen molar-refractivity contribution in [1.29, 1.82) is 0 Å². The number of carbonyl (C=O) groups excluding carboxylic acids is 1. The summed E-state index contributed by atoms with van der Waals surface area (Å²) in [6.45, 7) is 6.47. The van der Waals surface area contributed by atoms with E-state index in [0.29, 0.717) is 17.1 Å². The molecule has 20 heavy (non-hydrogen) atoms. The second-order valence-corrected chi connectivity index (χ2v) is 5.23. The fraction of sp³-hybridized carbons (Fsp3) is 0.385. The van der Waals surface area contributed by atoms with Crippen LogP contribution >= 0.6 is 0 Å². The third-order valence-electron chi connectivity index (χ3n) is 2.99. The summed E-state index contributed by atoms with van der Waals surface area (Å²) in [4.78, 5) is 15.2. The van der Waals surface area contributed by atoms with Crippen LogP contribution in [0.3, 0.4) is 0 Å². The average molecular weight is 282 g/mol. The normalized spacial score (nSPS) is 15.8. The van der Waals surface area contributed by atoms with E-state index in [1.54, 1.807) is 20.8 Å². The minimum absolute atomic E-state index is 0.0286. The van der Waals surface area contributed by atoms with Crippen LogP contribution in [0.15, 0.2) is 11.1 Å². The second-order valence-electron chi connectivity index (χ2n) is 5.23. The number of hydrogen-bond donors (Lipinski definition) is 3. The topological polar surface area (TPSA) is 65.5 Å². The highest BCUT2D eigenvalue weighted by atomic mass is 19.2. The molecule has 108 valence electrons. The molecule has 0 bridgehead atoms. The number of rotatable bonds is 0. The third-order valence-corrected chi connectivity index (χ3v) is 2.99. The van der Waals surface area contributed by atoms with E-state index in [9.17, 15) is 13.6 Å². The van der Waals surface area contributed by atoms with Crippen LogP contribution in [0.2, 0.25) is 0 Å². The number of amidine groups is 1. The molecule has 1 heterocycles. The molecule has 1 aromatic rings. The van der Waals surface area contributed by atoms with Gasteiger partial charge in [0.25, 0.3) is 0 Å². The van der Waals surface area contributed by atoms with Crippen molar-refractivity contribution < 1.29 is 13.6 Å². The predicted octanol–water partition coefficient (Wildman–Crippen LogP) is 2.15. The van der Waals surface area contributed by atoms with Gasteiger partial charge in [-0.2, -0.15) is 0 Å². The fourth-order valence-electron chi connectivity index (χ4n) is 1.96. The van der Waals surface area contributed by atoms with Crippen LogP contribution in [0.25, 0.3) is 0 Å². The third kappa shape index (κ3) is 2.43. The van der Waals surface area contributed by atoms with Crippen LogP contribution in [0.5, 0.6) is 0 Å². The molecule has 0 fully saturated rings. The Balaban J connectivity index is 2.50. The molecule has 1 aliphatic rings. The van der Waals surface area contributed by atoms with Crippen LogP contribution in [0.1, 0.15) is 26.3 Å². The van der Waals surface area contributed by atoms with E-state index in [1.807, 2.05) is 0 Å². The molecule has 1 aliphatic heterocycles. The number of aryl methyl sites for hydroxylation is 1. The standard InChI is InChI=1S/C13H16F2N4O/c1-6-5-8(14)9(15)11-10(6)16-12(13(3,4)17-11)19-18-7(2)20/h5,17H,1-4H3,(H,16,19)(H,18,20). The van der Waals surface area contributed by atoms with Crippen molar-refractivity contribution >= 4 is 23.1 Å². The molecule has 3 N–H and O–H groups in total. The maximum atomic E-state index is 13.9. The van der Waals surface area contributed by atoms with Crippen molar-refractivity contribution in [3.8, 4) is 0 Å². The summed E-state index contributed by atoms with van der Waals surface area (Å²) in [7, 11) is 0. The number of nitrogens with one attached hydrogen (secondary N) is 3. The largest absolute Gasteiger partial charge is 0.369 e. The number of aliphatic imine (C=N–C) groups is 1. The zero-order chi connectivity index (χ0) is 15.1. The molecule has 7 heteroatoms. The van der Waals surface area contributed by atoms with Crippen molar-refractivity contribution in [1.82, 2.24) is 10.9 Å². The summed E-state index contributed by atoms with van der Waals surface area (Å²) < 4.78 is 27.3. The van der Waals surface area contributed by atoms with Crippen molar-refractivity contribution in [3.05, 3.63) is 23.3 Å². The van der Waals surface area contributed by atoms with E-state index in [1.165, 1.54) is 6.92 Å². The molecule has 0 aliphatic carbocycles. The minimum atomic E-state index is -0.957. The monoisotopic (exact) mass is 282 g/mol. The van der Waals surface area contributed by atoms with Gasteiger partial charge in [-0.1, -0.05) is 0 Å². The summed E-state index contributed by atoms with van der Waals surface area (Å²) in [5, 5.41) is 2.90. The van der Waals surface area contributed by atoms with Gasteiger partial charge in [-0.15, -0.1) is 0 Å². The highest BCUT2D eigenvalue weighted by Gasteiger charge is 2.33. The van der Waals surface area contributed by atoms with Crippen LogP contribution in [-0.2, 0) is 4.79 Å². The Morgan fingerprint density at radius 1 is 1.40 bits per heavy atom. The average Bonchev–Trinajstić information content (AvgIpc) is 2.33. The SMILES string of the molecule is CC(=O)NNC1=Nc2c(C)cc(F)c(F)c2NC1(C)C. The molecule has 0 radical (unpaired) electrons. The Morgan fingerprint density at radius 3 is 2.65 bits per heavy atom. The molecule has 0 saturated carbocycles. The van der Waals surface area contributed by atoms with Gasteiger partial charge >= 0.3 is 0 Å². The smallest absolute Gasteiger partial charge is 0.235 e. The molecule has 0 unspecified atom stereocenters. The Bertz CT molecular complexity index is 611. The fourth-order valence-corrected chi connectivity index (χ4v) is 1.96. The molecular weight excluding hydrogens is 266 g/mol. The quantitative estimate of drug-likeness (QED) is 0.639. The summed E-state index contributed by atoms with van der Waals surface area (Å²) >= 11 is 0. The first-order chi connectivity index (χ1) is 9.22. The first-order valence-corrected chi connectivity index (χ1v) is 6.11. The van der Waals surface area contributed by atoms with E-state index in [-0.39, 0.29) is 11.6 Å². The zero-order valence-electron chi connectivity index (χ0n) is 11.7. The van der Waals surface area contributed by atoms with Crippen LogP contribution in [0, 0.1) is 18.6 Å². The van der Waals surface area contributed by atoms with Crippen LogP contribution < -0.4 is 16.2 Å². The number of benzene rings is 1. The van der Waals surface area contributed by atoms with E-state index in [2.05, 4.69) is 21.2 Å². The van der Waals surface area contributed by atoms with Gasteiger partial charge in [0.05, 0.1) is 11.2 Å². The number of amides is 1. The van der Waals surface area contributed by atoms with Crippen molar-refractivity contribution in [2.75, 3.05) is 5.32 Å². The predicted molar refractivity (Wildman–Crippen MR) is 72.8 cm³/mol. The second kappa shape index (κ2) is 4.73. The number of carbonyl (C=O) groups is 1. The molecular formula is C13H16F2N4O. The number of fused-ring (bicyclic) bond motifs is 1. The number of hydrazine groups is 1. The lowest BCUT2D eigenvalue weighted by Crippen LogP contribution is -2.54. The van der Waals surface area contributed by atoms with Crippen LogP contribution in [0.4, 0.5) is 20.2 Å². The molecule has 0 saturated heterocycles. The number of hydrogen-bond acceptors (Lipinski definition) is 4. The summed E-state index contributed by atoms with van der Waals surface area (Å²) in [6, 6.07) is 1.09. The molecule has 1 amide bonds. The van der Waals surface area contributed by atoms with Crippen molar-refractivity contribution in [3.63, 3.8) is 0 Å². The van der Waals surface area contributed by atoms with Gasteiger partial charge in [-0.3, -0.25) is 15.6 Å². The van der Waals surface area contributed by atoms with Gasteiger partial charge in [-0.25, -0.2) is 13.8 Å². The van der Waals surface area contributed by atoms with Gasteiger partial charge in [-0.05, 0) is 32.4 Å². The molecule has 0 spiro atoms. The summed E-state index contributed by atoms with van der Waals surface area (Å²) in [5.74, 6) is -1.75. The van der Waals surface area contributed by atoms with E-state index < -0.39 is 17.2 Å². The summed E-state index contributed by atoms with van der Waals surface area (Å²) in [6.07, 6.45) is 0. The lowest BCUT2D eigenvalue weighted by atomic mass is 9.99. The maximum Gasteiger partial charge on any atom is 0.235 e.